The first-order valence-electron chi connectivity index (χ1n) is 10.5. The molecule has 30 heavy (non-hydrogen) atoms. The highest BCUT2D eigenvalue weighted by Gasteiger charge is 2.52. The van der Waals surface area contributed by atoms with Gasteiger partial charge in [0.05, 0.1) is 16.7 Å². The molecule has 1 aromatic heterocycles. The molecule has 158 valence electrons. The molecule has 2 aromatic rings. The fraction of sp³-hybridized carbons (Fsp3) is 0.478. The number of aromatic nitrogens is 2. The lowest BCUT2D eigenvalue weighted by molar-refractivity contribution is -0.136. The highest BCUT2D eigenvalue weighted by molar-refractivity contribution is 5.94. The first-order valence-corrected chi connectivity index (χ1v) is 10.5. The Hall–Kier alpha value is -2.96. The average molecular weight is 409 g/mol. The third-order valence-electron chi connectivity index (χ3n) is 6.04. The molecule has 0 N–H and O–H groups in total. The molecule has 1 aromatic carbocycles. The zero-order valence-corrected chi connectivity index (χ0v) is 17.6. The second kappa shape index (κ2) is 8.42. The number of amides is 2. The molecule has 1 fully saturated rings. The summed E-state index contributed by atoms with van der Waals surface area (Å²) in [5.74, 6) is 0.825. The first-order chi connectivity index (χ1) is 14.5. The third kappa shape index (κ3) is 4.30. The molecule has 1 spiro atoms. The van der Waals surface area contributed by atoms with E-state index in [1.54, 1.807) is 6.20 Å². The second-order valence-corrected chi connectivity index (χ2v) is 8.40. The molecule has 0 atom stereocenters. The van der Waals surface area contributed by atoms with Crippen LogP contribution in [0.1, 0.15) is 47.3 Å². The summed E-state index contributed by atoms with van der Waals surface area (Å²) in [6, 6.07) is 7.80. The van der Waals surface area contributed by atoms with E-state index >= 15 is 0 Å². The monoisotopic (exact) mass is 408 g/mol. The lowest BCUT2D eigenvalue weighted by Gasteiger charge is -2.27. The van der Waals surface area contributed by atoms with Gasteiger partial charge in [-0.3, -0.25) is 9.59 Å². The average Bonchev–Trinajstić information content (AvgIpc) is 3.54. The highest BCUT2D eigenvalue weighted by atomic mass is 16.5. The van der Waals surface area contributed by atoms with Gasteiger partial charge in [-0.2, -0.15) is 0 Å². The van der Waals surface area contributed by atoms with Crippen LogP contribution in [-0.4, -0.2) is 58.3 Å². The normalized spacial score (nSPS) is 19.2. The summed E-state index contributed by atoms with van der Waals surface area (Å²) >= 11 is 0. The predicted molar refractivity (Wildman–Crippen MR) is 112 cm³/mol. The van der Waals surface area contributed by atoms with E-state index in [0.29, 0.717) is 37.5 Å². The van der Waals surface area contributed by atoms with Gasteiger partial charge < -0.3 is 14.5 Å². The zero-order chi connectivity index (χ0) is 21.1. The maximum absolute atomic E-state index is 13.2. The van der Waals surface area contributed by atoms with Crippen molar-refractivity contribution >= 4 is 11.8 Å². The number of hydrogen-bond acceptors (Lipinski definition) is 5. The number of benzene rings is 1. The number of aryl methyl sites for hydroxylation is 1. The van der Waals surface area contributed by atoms with Crippen molar-refractivity contribution in [3.63, 3.8) is 0 Å². The molecule has 1 aliphatic carbocycles. The van der Waals surface area contributed by atoms with Crippen LogP contribution < -0.4 is 4.74 Å². The molecular formula is C23H28N4O3. The SMILES string of the molecule is Cc1ncncc1C(=O)N1CCCCN(C)C(=O)C2(CC2)COc2cccc(c2)C1. The van der Waals surface area contributed by atoms with Crippen LogP contribution >= 0.6 is 0 Å². The van der Waals surface area contributed by atoms with Gasteiger partial charge in [-0.05, 0) is 50.3 Å². The van der Waals surface area contributed by atoms with Crippen molar-refractivity contribution in [2.45, 2.75) is 39.2 Å². The van der Waals surface area contributed by atoms with Crippen LogP contribution in [0, 0.1) is 12.3 Å². The molecule has 1 saturated carbocycles. The number of fused-ring (bicyclic) bond motifs is 2. The van der Waals surface area contributed by atoms with Crippen LogP contribution in [0.2, 0.25) is 0 Å². The van der Waals surface area contributed by atoms with E-state index in [2.05, 4.69) is 9.97 Å². The second-order valence-electron chi connectivity index (χ2n) is 8.40. The number of carbonyl (C=O) groups excluding carboxylic acids is 2. The van der Waals surface area contributed by atoms with E-state index < -0.39 is 0 Å². The molecule has 7 heteroatoms. The lowest BCUT2D eigenvalue weighted by atomic mass is 10.1. The fourth-order valence-corrected chi connectivity index (χ4v) is 3.93. The minimum Gasteiger partial charge on any atom is -0.492 e. The molecule has 7 nitrogen and oxygen atoms in total. The largest absolute Gasteiger partial charge is 0.492 e. The Balaban J connectivity index is 1.59. The minimum atomic E-state index is -0.359. The lowest BCUT2D eigenvalue weighted by Crippen LogP contribution is -2.38. The van der Waals surface area contributed by atoms with Crippen molar-refractivity contribution in [1.29, 1.82) is 0 Å². The van der Waals surface area contributed by atoms with E-state index in [1.165, 1.54) is 6.33 Å². The molecule has 0 radical (unpaired) electrons. The van der Waals surface area contributed by atoms with Gasteiger partial charge in [-0.1, -0.05) is 12.1 Å². The molecule has 4 rings (SSSR count). The Morgan fingerprint density at radius 1 is 1.20 bits per heavy atom. The molecule has 2 amide bonds. The van der Waals surface area contributed by atoms with Gasteiger partial charge in [-0.25, -0.2) is 9.97 Å². The Morgan fingerprint density at radius 2 is 2.00 bits per heavy atom. The summed E-state index contributed by atoms with van der Waals surface area (Å²) in [6.07, 6.45) is 6.46. The molecule has 2 heterocycles. The van der Waals surface area contributed by atoms with Crippen molar-refractivity contribution in [3.8, 4) is 5.75 Å². The smallest absolute Gasteiger partial charge is 0.257 e. The molecule has 0 unspecified atom stereocenters. The molecular weight excluding hydrogens is 380 g/mol. The van der Waals surface area contributed by atoms with Crippen LogP contribution in [0.5, 0.6) is 5.75 Å². The van der Waals surface area contributed by atoms with Gasteiger partial charge in [-0.15, -0.1) is 0 Å². The summed E-state index contributed by atoms with van der Waals surface area (Å²) in [5, 5.41) is 0. The van der Waals surface area contributed by atoms with E-state index in [4.69, 9.17) is 4.74 Å². The van der Waals surface area contributed by atoms with Crippen molar-refractivity contribution in [3.05, 3.63) is 53.6 Å². The van der Waals surface area contributed by atoms with Gasteiger partial charge >= 0.3 is 0 Å². The standard InChI is InChI=1S/C23H28N4O3/c1-17-20(13-24-16-25-17)21(28)27-11-4-3-10-26(2)22(29)23(8-9-23)15-30-19-7-5-6-18(12-19)14-27/h5-7,12-13,16H,3-4,8-11,14-15H2,1-2H3. The van der Waals surface area contributed by atoms with Crippen LogP contribution in [0.15, 0.2) is 36.8 Å². The fourth-order valence-electron chi connectivity index (χ4n) is 3.93. The third-order valence-corrected chi connectivity index (χ3v) is 6.04. The van der Waals surface area contributed by atoms with Crippen molar-refractivity contribution in [2.24, 2.45) is 5.41 Å². The Bertz CT molecular complexity index is 942. The van der Waals surface area contributed by atoms with Crippen LogP contribution in [0.3, 0.4) is 0 Å². The highest BCUT2D eigenvalue weighted by Crippen LogP contribution is 2.47. The quantitative estimate of drug-likeness (QED) is 0.725. The van der Waals surface area contributed by atoms with E-state index in [-0.39, 0.29) is 17.2 Å². The number of nitrogens with zero attached hydrogens (tertiary/aromatic N) is 4. The summed E-state index contributed by atoms with van der Waals surface area (Å²) < 4.78 is 6.02. The van der Waals surface area contributed by atoms with Gasteiger partial charge in [0.25, 0.3) is 5.91 Å². The van der Waals surface area contributed by atoms with Gasteiger partial charge in [0.1, 0.15) is 18.7 Å². The summed E-state index contributed by atoms with van der Waals surface area (Å²) in [6.45, 7) is 4.00. The van der Waals surface area contributed by atoms with Gasteiger partial charge in [0.2, 0.25) is 5.91 Å². The Morgan fingerprint density at radius 3 is 2.77 bits per heavy atom. The van der Waals surface area contributed by atoms with Crippen molar-refractivity contribution < 1.29 is 14.3 Å². The number of hydrogen-bond donors (Lipinski definition) is 0. The molecule has 2 aliphatic rings. The number of rotatable bonds is 1. The number of carbonyl (C=O) groups is 2. The zero-order valence-electron chi connectivity index (χ0n) is 17.6. The van der Waals surface area contributed by atoms with Gasteiger partial charge in [0.15, 0.2) is 0 Å². The van der Waals surface area contributed by atoms with Crippen molar-refractivity contribution in [2.75, 3.05) is 26.7 Å². The summed E-state index contributed by atoms with van der Waals surface area (Å²) in [4.78, 5) is 37.9. The maximum atomic E-state index is 13.2. The van der Waals surface area contributed by atoms with E-state index in [9.17, 15) is 9.59 Å². The molecule has 0 saturated heterocycles. The Labute approximate surface area is 177 Å². The predicted octanol–water partition coefficient (Wildman–Crippen LogP) is 2.84. The van der Waals surface area contributed by atoms with E-state index in [0.717, 1.165) is 37.0 Å². The summed E-state index contributed by atoms with van der Waals surface area (Å²) in [5.41, 5.74) is 1.84. The van der Waals surface area contributed by atoms with Gasteiger partial charge in [0, 0.05) is 32.9 Å². The van der Waals surface area contributed by atoms with Crippen LogP contribution in [-0.2, 0) is 11.3 Å². The number of ether oxygens (including phenoxy) is 1. The minimum absolute atomic E-state index is 0.0760. The first kappa shape index (κ1) is 20.3. The molecule has 1 aliphatic heterocycles. The molecule has 2 bridgehead atoms. The van der Waals surface area contributed by atoms with Crippen molar-refractivity contribution in [1.82, 2.24) is 19.8 Å². The maximum Gasteiger partial charge on any atom is 0.257 e. The van der Waals surface area contributed by atoms with Crippen LogP contribution in [0.25, 0.3) is 0 Å². The van der Waals surface area contributed by atoms with Crippen LogP contribution in [0.4, 0.5) is 0 Å². The Kier molecular flexibility index (Phi) is 5.70. The topological polar surface area (TPSA) is 75.6 Å². The van der Waals surface area contributed by atoms with E-state index in [1.807, 2.05) is 48.0 Å². The summed E-state index contributed by atoms with van der Waals surface area (Å²) in [7, 11) is 1.86.